The molecule has 0 aliphatic heterocycles. The predicted molar refractivity (Wildman–Crippen MR) is 63.0 cm³/mol. The van der Waals surface area contributed by atoms with E-state index in [-0.39, 0.29) is 10.7 Å². The monoisotopic (exact) mass is 311 g/mol. The highest BCUT2D eigenvalue weighted by atomic mass is 79.9. The Labute approximate surface area is 105 Å². The highest BCUT2D eigenvalue weighted by molar-refractivity contribution is 9.10. The van der Waals surface area contributed by atoms with E-state index in [4.69, 9.17) is 11.6 Å². The lowest BCUT2D eigenvalue weighted by molar-refractivity contribution is -0.117. The average Bonchev–Trinajstić information content (AvgIpc) is 2.08. The van der Waals surface area contributed by atoms with Crippen LogP contribution in [-0.4, -0.2) is 10.2 Å². The first-order chi connectivity index (χ1) is 7.21. The molecule has 0 spiro atoms. The Morgan fingerprint density at radius 1 is 1.44 bits per heavy atom. The van der Waals surface area contributed by atoms with Gasteiger partial charge in [-0.25, -0.2) is 8.78 Å². The predicted octanol–water partition coefficient (Wildman–Crippen LogP) is 3.73. The Bertz CT molecular complexity index is 408. The second-order valence-corrected chi connectivity index (χ2v) is 6.06. The van der Waals surface area contributed by atoms with Gasteiger partial charge in [-0.2, -0.15) is 0 Å². The number of carbonyl (C=O) groups is 1. The van der Waals surface area contributed by atoms with Gasteiger partial charge in [-0.3, -0.25) is 4.79 Å². The third-order valence-corrected chi connectivity index (χ3v) is 2.44. The molecule has 0 radical (unpaired) electrons. The van der Waals surface area contributed by atoms with E-state index in [1.807, 2.05) is 0 Å². The van der Waals surface area contributed by atoms with Gasteiger partial charge in [0.25, 0.3) is 0 Å². The van der Waals surface area contributed by atoms with E-state index >= 15 is 0 Å². The number of amides is 1. The number of benzene rings is 1. The van der Waals surface area contributed by atoms with E-state index in [0.29, 0.717) is 6.07 Å². The fourth-order valence-corrected chi connectivity index (χ4v) is 1.26. The summed E-state index contributed by atoms with van der Waals surface area (Å²) in [7, 11) is 0. The Morgan fingerprint density at radius 3 is 2.44 bits per heavy atom. The van der Waals surface area contributed by atoms with Gasteiger partial charge in [0.05, 0.1) is 15.0 Å². The largest absolute Gasteiger partial charge is 0.321 e. The summed E-state index contributed by atoms with van der Waals surface area (Å²) in [4.78, 5) is 11.5. The van der Waals surface area contributed by atoms with E-state index in [9.17, 15) is 13.6 Å². The summed E-state index contributed by atoms with van der Waals surface area (Å²) in [5.41, 5.74) is -0.222. The van der Waals surface area contributed by atoms with Crippen LogP contribution in [0.3, 0.4) is 0 Å². The summed E-state index contributed by atoms with van der Waals surface area (Å²) in [5, 5.41) is 2.11. The van der Waals surface area contributed by atoms with Crippen LogP contribution in [0.4, 0.5) is 14.5 Å². The number of hydrogen-bond donors (Lipinski definition) is 1. The van der Waals surface area contributed by atoms with Crippen LogP contribution in [0, 0.1) is 11.6 Å². The summed E-state index contributed by atoms with van der Waals surface area (Å²) >= 11 is 8.73. The van der Waals surface area contributed by atoms with Crippen LogP contribution in [0.2, 0.25) is 5.02 Å². The van der Waals surface area contributed by atoms with Crippen molar-refractivity contribution in [1.82, 2.24) is 0 Å². The van der Waals surface area contributed by atoms with Crippen molar-refractivity contribution in [3.05, 3.63) is 28.8 Å². The lowest BCUT2D eigenvalue weighted by atomic mass is 10.2. The summed E-state index contributed by atoms with van der Waals surface area (Å²) in [6, 6.07) is 1.59. The van der Waals surface area contributed by atoms with E-state index < -0.39 is 21.9 Å². The minimum atomic E-state index is -0.907. The molecule has 16 heavy (non-hydrogen) atoms. The summed E-state index contributed by atoms with van der Waals surface area (Å²) in [5.74, 6) is -2.17. The van der Waals surface area contributed by atoms with Gasteiger partial charge in [0.1, 0.15) is 5.82 Å². The first kappa shape index (κ1) is 13.4. The lowest BCUT2D eigenvalue weighted by Crippen LogP contribution is -2.31. The Morgan fingerprint density at radius 2 is 2.00 bits per heavy atom. The molecule has 1 amide bonds. The van der Waals surface area contributed by atoms with E-state index in [2.05, 4.69) is 21.2 Å². The summed E-state index contributed by atoms with van der Waals surface area (Å²) < 4.78 is 25.2. The molecule has 1 aromatic rings. The number of nitrogens with one attached hydrogen (secondary N) is 1. The topological polar surface area (TPSA) is 29.1 Å². The van der Waals surface area contributed by atoms with Crippen LogP contribution in [-0.2, 0) is 4.79 Å². The van der Waals surface area contributed by atoms with E-state index in [0.717, 1.165) is 6.07 Å². The molecule has 1 rings (SSSR count). The third kappa shape index (κ3) is 3.15. The molecule has 0 unspecified atom stereocenters. The molecule has 0 saturated heterocycles. The van der Waals surface area contributed by atoms with Crippen LogP contribution in [0.1, 0.15) is 13.8 Å². The Hall–Kier alpha value is -0.680. The molecule has 1 aromatic carbocycles. The van der Waals surface area contributed by atoms with Gasteiger partial charge in [0.2, 0.25) is 5.91 Å². The van der Waals surface area contributed by atoms with Gasteiger partial charge in [0, 0.05) is 6.07 Å². The van der Waals surface area contributed by atoms with Crippen molar-refractivity contribution in [2.45, 2.75) is 18.2 Å². The molecule has 1 N–H and O–H groups in total. The van der Waals surface area contributed by atoms with Crippen LogP contribution in [0.25, 0.3) is 0 Å². The fraction of sp³-hybridized carbons (Fsp3) is 0.300. The molecule has 0 bridgehead atoms. The second kappa shape index (κ2) is 4.67. The standard InChI is InChI=1S/C10H9BrClF2NO/c1-10(2,11)9(16)15-8-6(12)3-5(13)4-7(8)14/h3-4H,1-2H3,(H,15,16). The molecule has 0 atom stereocenters. The normalized spacial score (nSPS) is 11.4. The number of rotatable bonds is 2. The Kier molecular flexibility index (Phi) is 3.91. The molecule has 88 valence electrons. The third-order valence-electron chi connectivity index (χ3n) is 1.79. The van der Waals surface area contributed by atoms with Crippen LogP contribution in [0.5, 0.6) is 0 Å². The van der Waals surface area contributed by atoms with Crippen molar-refractivity contribution in [1.29, 1.82) is 0 Å². The first-order valence-electron chi connectivity index (χ1n) is 4.36. The number of carbonyl (C=O) groups excluding carboxylic acids is 1. The lowest BCUT2D eigenvalue weighted by Gasteiger charge is -2.16. The minimum Gasteiger partial charge on any atom is -0.321 e. The zero-order valence-electron chi connectivity index (χ0n) is 8.57. The molecular formula is C10H9BrClF2NO. The van der Waals surface area contributed by atoms with Gasteiger partial charge in [-0.05, 0) is 19.9 Å². The van der Waals surface area contributed by atoms with Crippen molar-refractivity contribution in [2.75, 3.05) is 5.32 Å². The molecule has 6 heteroatoms. The van der Waals surface area contributed by atoms with Crippen molar-refractivity contribution in [3.63, 3.8) is 0 Å². The highest BCUT2D eigenvalue weighted by Gasteiger charge is 2.25. The first-order valence-corrected chi connectivity index (χ1v) is 5.54. The van der Waals surface area contributed by atoms with Gasteiger partial charge >= 0.3 is 0 Å². The van der Waals surface area contributed by atoms with Crippen LogP contribution < -0.4 is 5.32 Å². The zero-order valence-corrected chi connectivity index (χ0v) is 10.9. The van der Waals surface area contributed by atoms with Crippen molar-refractivity contribution >= 4 is 39.1 Å². The van der Waals surface area contributed by atoms with Crippen molar-refractivity contribution < 1.29 is 13.6 Å². The number of anilines is 1. The molecule has 2 nitrogen and oxygen atoms in total. The molecule has 0 heterocycles. The summed E-state index contributed by atoms with van der Waals surface area (Å²) in [6.07, 6.45) is 0. The molecule has 0 saturated carbocycles. The van der Waals surface area contributed by atoms with Gasteiger partial charge in [0.15, 0.2) is 5.82 Å². The maximum atomic E-state index is 13.3. The number of hydrogen-bond acceptors (Lipinski definition) is 1. The van der Waals surface area contributed by atoms with E-state index in [1.165, 1.54) is 0 Å². The molecule has 0 aliphatic carbocycles. The SMILES string of the molecule is CC(C)(Br)C(=O)Nc1c(F)cc(F)cc1Cl. The van der Waals surface area contributed by atoms with Crippen LogP contribution in [0.15, 0.2) is 12.1 Å². The second-order valence-electron chi connectivity index (χ2n) is 3.67. The average molecular weight is 313 g/mol. The quantitative estimate of drug-likeness (QED) is 0.828. The number of alkyl halides is 1. The van der Waals surface area contributed by atoms with Crippen molar-refractivity contribution in [2.24, 2.45) is 0 Å². The maximum absolute atomic E-state index is 13.3. The molecule has 0 aromatic heterocycles. The smallest absolute Gasteiger partial charge is 0.240 e. The van der Waals surface area contributed by atoms with Gasteiger partial charge < -0.3 is 5.32 Å². The minimum absolute atomic E-state index is 0.178. The van der Waals surface area contributed by atoms with Gasteiger partial charge in [-0.15, -0.1) is 0 Å². The summed E-state index contributed by atoms with van der Waals surface area (Å²) in [6.45, 7) is 3.19. The maximum Gasteiger partial charge on any atom is 0.240 e. The molecular weight excluding hydrogens is 303 g/mol. The fourth-order valence-electron chi connectivity index (χ4n) is 0.924. The zero-order chi connectivity index (χ0) is 12.5. The molecule has 0 aliphatic rings. The van der Waals surface area contributed by atoms with E-state index in [1.54, 1.807) is 13.8 Å². The van der Waals surface area contributed by atoms with Crippen LogP contribution >= 0.6 is 27.5 Å². The Balaban J connectivity index is 3.03. The number of halogens is 4. The van der Waals surface area contributed by atoms with Crippen molar-refractivity contribution in [3.8, 4) is 0 Å². The highest BCUT2D eigenvalue weighted by Crippen LogP contribution is 2.28. The molecule has 0 fully saturated rings. The van der Waals surface area contributed by atoms with Gasteiger partial charge in [-0.1, -0.05) is 27.5 Å².